The number of ether oxygens (including phenoxy) is 5. The molecule has 0 N–H and O–H groups in total. The molecule has 2 spiro atoms. The molecule has 3 fully saturated rings. The first-order valence-electron chi connectivity index (χ1n) is 11.6. The van der Waals surface area contributed by atoms with Crippen LogP contribution in [-0.4, -0.2) is 69.0 Å². The predicted molar refractivity (Wildman–Crippen MR) is 111 cm³/mol. The maximum atomic E-state index is 6.87. The van der Waals surface area contributed by atoms with Crippen molar-refractivity contribution in [2.45, 2.75) is 74.4 Å². The molecule has 4 atom stereocenters. The van der Waals surface area contributed by atoms with Gasteiger partial charge in [0.2, 0.25) is 5.79 Å². The van der Waals surface area contributed by atoms with E-state index >= 15 is 0 Å². The van der Waals surface area contributed by atoms with Crippen LogP contribution in [0.2, 0.25) is 0 Å². The monoisotopic (exact) mass is 415 g/mol. The molecule has 2 aliphatic carbocycles. The lowest BCUT2D eigenvalue weighted by molar-refractivity contribution is -0.300. The molecule has 164 valence electrons. The molecule has 1 saturated carbocycles. The van der Waals surface area contributed by atoms with E-state index in [2.05, 4.69) is 31.0 Å². The third kappa shape index (κ3) is 2.14. The summed E-state index contributed by atoms with van der Waals surface area (Å²) in [7, 11) is 4.13. The number of unbranched alkanes of at least 4 members (excludes halogenated alkanes) is 1. The molecule has 1 aromatic rings. The molecule has 2 saturated heterocycles. The van der Waals surface area contributed by atoms with Gasteiger partial charge in [0, 0.05) is 25.1 Å². The van der Waals surface area contributed by atoms with Crippen molar-refractivity contribution in [2.24, 2.45) is 0 Å². The molecule has 0 amide bonds. The number of methoxy groups -OCH3 is 1. The van der Waals surface area contributed by atoms with Gasteiger partial charge in [0.25, 0.3) is 0 Å². The van der Waals surface area contributed by atoms with Crippen LogP contribution in [0.4, 0.5) is 0 Å². The first kappa shape index (κ1) is 19.4. The molecule has 0 unspecified atom stereocenters. The number of benzene rings is 1. The SMILES string of the molecule is CCCCOc1ccc2c3c1O[C@H]1C4(CC[C@@]5(OC)[C@@H](C2)N(C)CC[C@]315)OCCO4. The number of piperidine rings is 1. The molecule has 6 nitrogen and oxygen atoms in total. The second-order valence-corrected chi connectivity index (χ2v) is 9.65. The molecule has 0 radical (unpaired) electrons. The molecule has 0 aromatic heterocycles. The maximum Gasteiger partial charge on any atom is 0.207 e. The fraction of sp³-hybridized carbons (Fsp3) is 0.750. The van der Waals surface area contributed by atoms with Gasteiger partial charge in [-0.15, -0.1) is 0 Å². The van der Waals surface area contributed by atoms with E-state index in [4.69, 9.17) is 23.7 Å². The van der Waals surface area contributed by atoms with Gasteiger partial charge in [0.05, 0.1) is 30.8 Å². The number of fused-ring (bicyclic) bond motifs is 1. The Bertz CT molecular complexity index is 852. The van der Waals surface area contributed by atoms with E-state index in [0.29, 0.717) is 25.9 Å². The van der Waals surface area contributed by atoms with Gasteiger partial charge in [-0.25, -0.2) is 0 Å². The lowest BCUT2D eigenvalue weighted by atomic mass is 9.48. The van der Waals surface area contributed by atoms with Crippen LogP contribution >= 0.6 is 0 Å². The number of likely N-dealkylation sites (N-methyl/N-ethyl adjacent to an activating group) is 1. The van der Waals surface area contributed by atoms with Crippen molar-refractivity contribution in [3.8, 4) is 11.5 Å². The van der Waals surface area contributed by atoms with E-state index in [9.17, 15) is 0 Å². The molecule has 3 heterocycles. The Morgan fingerprint density at radius 2 is 2.00 bits per heavy atom. The van der Waals surface area contributed by atoms with Crippen molar-refractivity contribution in [3.05, 3.63) is 23.3 Å². The average molecular weight is 416 g/mol. The Balaban J connectivity index is 1.56. The molecule has 30 heavy (non-hydrogen) atoms. The molecule has 6 heteroatoms. The topological polar surface area (TPSA) is 49.4 Å². The highest BCUT2D eigenvalue weighted by atomic mass is 16.8. The Hall–Kier alpha value is -1.34. The smallest absolute Gasteiger partial charge is 0.207 e. The largest absolute Gasteiger partial charge is 0.490 e. The zero-order valence-electron chi connectivity index (χ0n) is 18.4. The summed E-state index contributed by atoms with van der Waals surface area (Å²) in [6.07, 6.45) is 5.61. The van der Waals surface area contributed by atoms with E-state index in [0.717, 1.165) is 56.6 Å². The Morgan fingerprint density at radius 1 is 1.17 bits per heavy atom. The molecule has 2 bridgehead atoms. The summed E-state index contributed by atoms with van der Waals surface area (Å²) < 4.78 is 32.3. The van der Waals surface area contributed by atoms with Crippen LogP contribution in [0.3, 0.4) is 0 Å². The Morgan fingerprint density at radius 3 is 2.77 bits per heavy atom. The lowest BCUT2D eigenvalue weighted by Crippen LogP contribution is -2.79. The second-order valence-electron chi connectivity index (χ2n) is 9.65. The fourth-order valence-electron chi connectivity index (χ4n) is 7.29. The summed E-state index contributed by atoms with van der Waals surface area (Å²) >= 11 is 0. The minimum atomic E-state index is -0.684. The van der Waals surface area contributed by atoms with Crippen molar-refractivity contribution in [1.82, 2.24) is 4.90 Å². The quantitative estimate of drug-likeness (QED) is 0.689. The molecule has 3 aliphatic heterocycles. The van der Waals surface area contributed by atoms with Crippen LogP contribution in [0.5, 0.6) is 11.5 Å². The lowest BCUT2D eigenvalue weighted by Gasteiger charge is -2.66. The van der Waals surface area contributed by atoms with Crippen LogP contribution < -0.4 is 9.47 Å². The average Bonchev–Trinajstić information content (AvgIpc) is 3.37. The number of nitrogens with zero attached hydrogens (tertiary/aromatic N) is 1. The summed E-state index contributed by atoms with van der Waals surface area (Å²) in [6, 6.07) is 4.69. The molecule has 5 aliphatic rings. The van der Waals surface area contributed by atoms with Crippen LogP contribution in [0.25, 0.3) is 0 Å². The van der Waals surface area contributed by atoms with Gasteiger partial charge in [-0.05, 0) is 50.9 Å². The number of hydrogen-bond donors (Lipinski definition) is 0. The van der Waals surface area contributed by atoms with Crippen LogP contribution in [-0.2, 0) is 26.0 Å². The van der Waals surface area contributed by atoms with Crippen molar-refractivity contribution in [2.75, 3.05) is 40.5 Å². The highest BCUT2D eigenvalue weighted by molar-refractivity contribution is 5.63. The molecular weight excluding hydrogens is 382 g/mol. The van der Waals surface area contributed by atoms with E-state index in [1.54, 1.807) is 0 Å². The van der Waals surface area contributed by atoms with Gasteiger partial charge < -0.3 is 28.6 Å². The number of likely N-dealkylation sites (tertiary alicyclic amines) is 1. The predicted octanol–water partition coefficient (Wildman–Crippen LogP) is 3.05. The molecule has 6 rings (SSSR count). The molecular formula is C24H33NO5. The summed E-state index contributed by atoms with van der Waals surface area (Å²) in [4.78, 5) is 2.49. The van der Waals surface area contributed by atoms with Gasteiger partial charge in [-0.3, -0.25) is 0 Å². The summed E-state index contributed by atoms with van der Waals surface area (Å²) in [5.74, 6) is 1.09. The maximum absolute atomic E-state index is 6.87. The van der Waals surface area contributed by atoms with Gasteiger partial charge in [0.15, 0.2) is 17.6 Å². The summed E-state index contributed by atoms with van der Waals surface area (Å²) in [6.45, 7) is 5.17. The highest BCUT2D eigenvalue weighted by Gasteiger charge is 2.77. The highest BCUT2D eigenvalue weighted by Crippen LogP contribution is 2.68. The van der Waals surface area contributed by atoms with Crippen molar-refractivity contribution in [3.63, 3.8) is 0 Å². The van der Waals surface area contributed by atoms with E-state index in [1.165, 1.54) is 11.1 Å². The first-order chi connectivity index (χ1) is 14.6. The summed E-state index contributed by atoms with van der Waals surface area (Å²) in [5.41, 5.74) is 2.11. The standard InChI is InChI=1S/C24H33NO5/c1-4-5-12-27-17-7-6-16-15-18-23(26-3)8-9-24(28-13-14-29-24)21-22(23,10-11-25(18)2)19(16)20(17)30-21/h6-7,18,21H,4-5,8-15H2,1-3H3/t18-,21-,22+,23-/m1/s1. The third-order valence-corrected chi connectivity index (χ3v) is 8.57. The number of hydrogen-bond acceptors (Lipinski definition) is 6. The van der Waals surface area contributed by atoms with Gasteiger partial charge in [-0.1, -0.05) is 19.4 Å². The van der Waals surface area contributed by atoms with Gasteiger partial charge >= 0.3 is 0 Å². The zero-order valence-corrected chi connectivity index (χ0v) is 18.4. The molecule has 1 aromatic carbocycles. The zero-order chi connectivity index (χ0) is 20.6. The second kappa shape index (κ2) is 6.58. The van der Waals surface area contributed by atoms with Crippen molar-refractivity contribution >= 4 is 0 Å². The summed E-state index contributed by atoms with van der Waals surface area (Å²) in [5, 5.41) is 0. The van der Waals surface area contributed by atoms with Crippen LogP contribution in [0.1, 0.15) is 50.2 Å². The van der Waals surface area contributed by atoms with Crippen molar-refractivity contribution in [1.29, 1.82) is 0 Å². The Kier molecular flexibility index (Phi) is 4.24. The van der Waals surface area contributed by atoms with E-state index in [1.807, 2.05) is 7.11 Å². The minimum Gasteiger partial charge on any atom is -0.490 e. The van der Waals surface area contributed by atoms with Crippen LogP contribution in [0.15, 0.2) is 12.1 Å². The van der Waals surface area contributed by atoms with E-state index < -0.39 is 5.79 Å². The van der Waals surface area contributed by atoms with Gasteiger partial charge in [0.1, 0.15) is 0 Å². The van der Waals surface area contributed by atoms with E-state index in [-0.39, 0.29) is 17.1 Å². The van der Waals surface area contributed by atoms with Crippen molar-refractivity contribution < 1.29 is 23.7 Å². The Labute approximate surface area is 178 Å². The van der Waals surface area contributed by atoms with Gasteiger partial charge in [-0.2, -0.15) is 0 Å². The normalized spacial score (nSPS) is 37.8. The van der Waals surface area contributed by atoms with Crippen LogP contribution in [0, 0.1) is 0 Å². The first-order valence-corrected chi connectivity index (χ1v) is 11.6. The third-order valence-electron chi connectivity index (χ3n) is 8.57. The number of rotatable bonds is 5. The fourth-order valence-corrected chi connectivity index (χ4v) is 7.29. The minimum absolute atomic E-state index is 0.206.